The summed E-state index contributed by atoms with van der Waals surface area (Å²) in [5.74, 6) is 1.18. The molecule has 0 radical (unpaired) electrons. The average Bonchev–Trinajstić information content (AvgIpc) is 3.35. The van der Waals surface area contributed by atoms with E-state index in [4.69, 9.17) is 26.1 Å². The first kappa shape index (κ1) is 23.5. The molecule has 178 valence electrons. The number of hydrogen-bond acceptors (Lipinski definition) is 8. The van der Waals surface area contributed by atoms with Gasteiger partial charge in [-0.3, -0.25) is 9.69 Å². The molecular weight excluding hydrogens is 506 g/mol. The van der Waals surface area contributed by atoms with E-state index >= 15 is 0 Å². The molecule has 0 atom stereocenters. The van der Waals surface area contributed by atoms with Gasteiger partial charge in [0.2, 0.25) is 0 Å². The van der Waals surface area contributed by atoms with Gasteiger partial charge >= 0.3 is 0 Å². The average molecular weight is 526 g/mol. The first-order chi connectivity index (χ1) is 16.9. The molecule has 1 saturated heterocycles. The van der Waals surface area contributed by atoms with Crippen LogP contribution in [0.2, 0.25) is 5.02 Å². The van der Waals surface area contributed by atoms with Crippen molar-refractivity contribution in [3.8, 4) is 17.2 Å². The molecular formula is C25H20ClN3O4S2. The van der Waals surface area contributed by atoms with Crippen LogP contribution >= 0.6 is 35.1 Å². The van der Waals surface area contributed by atoms with E-state index < -0.39 is 0 Å². The summed E-state index contributed by atoms with van der Waals surface area (Å²) in [6.45, 7) is 0. The molecule has 0 spiro atoms. The molecule has 1 fully saturated rings. The zero-order valence-electron chi connectivity index (χ0n) is 19.0. The molecule has 2 heterocycles. The van der Waals surface area contributed by atoms with Gasteiger partial charge in [-0.05, 0) is 66.4 Å². The predicted molar refractivity (Wildman–Crippen MR) is 143 cm³/mol. The monoisotopic (exact) mass is 525 g/mol. The topological polar surface area (TPSA) is 74.6 Å². The molecule has 0 bridgehead atoms. The number of nitrogens with zero attached hydrogens (tertiary/aromatic N) is 3. The maximum Gasteiger partial charge on any atom is 0.274 e. The smallest absolute Gasteiger partial charge is 0.274 e. The number of methoxy groups -OCH3 is 2. The molecule has 10 heteroatoms. The largest absolute Gasteiger partial charge is 0.508 e. The lowest BCUT2D eigenvalue weighted by Crippen LogP contribution is -2.29. The molecule has 2 aliphatic rings. The van der Waals surface area contributed by atoms with Crippen LogP contribution in [0.5, 0.6) is 17.2 Å². The Kier molecular flexibility index (Phi) is 6.31. The molecule has 1 amide bonds. The third-order valence-corrected chi connectivity index (χ3v) is 8.11. The minimum absolute atomic E-state index is 0.108. The molecule has 7 nitrogen and oxygen atoms in total. The molecule has 3 aromatic carbocycles. The summed E-state index contributed by atoms with van der Waals surface area (Å²) in [4.78, 5) is 23.7. The van der Waals surface area contributed by atoms with Gasteiger partial charge in [-0.2, -0.15) is 0 Å². The molecule has 0 unspecified atom stereocenters. The van der Waals surface area contributed by atoms with Crippen LogP contribution in [0.4, 0.5) is 17.1 Å². The van der Waals surface area contributed by atoms with E-state index in [9.17, 15) is 9.90 Å². The number of rotatable bonds is 4. The van der Waals surface area contributed by atoms with Gasteiger partial charge < -0.3 is 19.5 Å². The van der Waals surface area contributed by atoms with Crippen LogP contribution in [0.15, 0.2) is 80.5 Å². The van der Waals surface area contributed by atoms with Gasteiger partial charge in [0, 0.05) is 23.0 Å². The summed E-state index contributed by atoms with van der Waals surface area (Å²) in [7, 11) is 5.11. The highest BCUT2D eigenvalue weighted by atomic mass is 35.5. The van der Waals surface area contributed by atoms with Crippen molar-refractivity contribution in [3.63, 3.8) is 0 Å². The highest BCUT2D eigenvalue weighted by molar-refractivity contribution is 8.20. The lowest BCUT2D eigenvalue weighted by Gasteiger charge is -2.17. The Bertz CT molecular complexity index is 1390. The van der Waals surface area contributed by atoms with Crippen molar-refractivity contribution in [1.29, 1.82) is 0 Å². The van der Waals surface area contributed by atoms with Gasteiger partial charge in [-0.15, -0.1) is 0 Å². The number of phenols is 1. The van der Waals surface area contributed by atoms with Gasteiger partial charge in [0.1, 0.15) is 27.8 Å². The fourth-order valence-corrected chi connectivity index (χ4v) is 6.20. The van der Waals surface area contributed by atoms with Crippen LogP contribution in [0.3, 0.4) is 0 Å². The number of amides is 1. The van der Waals surface area contributed by atoms with E-state index in [1.165, 1.54) is 40.6 Å². The predicted octanol–water partition coefficient (Wildman–Crippen LogP) is 6.24. The number of ether oxygens (including phenoxy) is 2. The summed E-state index contributed by atoms with van der Waals surface area (Å²) in [6, 6.07) is 17.4. The SMILES string of the molecule is COc1ccc2c(c1)N(C)C(=C1SC(=Nc3cc(Cl)ccc3OC)N(c3ccc(O)cc3)C1=O)S2. The molecule has 0 aliphatic carbocycles. The quantitative estimate of drug-likeness (QED) is 0.404. The van der Waals surface area contributed by atoms with Gasteiger partial charge in [0.25, 0.3) is 5.91 Å². The van der Waals surface area contributed by atoms with E-state index in [1.807, 2.05) is 30.1 Å². The highest BCUT2D eigenvalue weighted by Gasteiger charge is 2.40. The maximum atomic E-state index is 13.8. The number of halogens is 1. The number of hydrogen-bond donors (Lipinski definition) is 1. The van der Waals surface area contributed by atoms with Crippen molar-refractivity contribution in [3.05, 3.63) is 75.6 Å². The third-order valence-electron chi connectivity index (χ3n) is 5.48. The Balaban J connectivity index is 1.63. The summed E-state index contributed by atoms with van der Waals surface area (Å²) < 4.78 is 10.8. The summed E-state index contributed by atoms with van der Waals surface area (Å²) >= 11 is 9.02. The van der Waals surface area contributed by atoms with Gasteiger partial charge in [0.15, 0.2) is 5.17 Å². The second-order valence-corrected chi connectivity index (χ2v) is 10.0. The number of phenolic OH excluding ortho intramolecular Hbond substituents is 1. The first-order valence-corrected chi connectivity index (χ1v) is 12.5. The minimum Gasteiger partial charge on any atom is -0.508 e. The van der Waals surface area contributed by atoms with Crippen LogP contribution < -0.4 is 19.3 Å². The van der Waals surface area contributed by atoms with Gasteiger partial charge in [0.05, 0.1) is 30.6 Å². The number of fused-ring (bicyclic) bond motifs is 1. The van der Waals surface area contributed by atoms with Crippen LogP contribution in [-0.2, 0) is 4.79 Å². The zero-order chi connectivity index (χ0) is 24.7. The van der Waals surface area contributed by atoms with Crippen molar-refractivity contribution < 1.29 is 19.4 Å². The minimum atomic E-state index is -0.213. The maximum absolute atomic E-state index is 13.8. The normalized spacial score (nSPS) is 18.4. The number of anilines is 2. The number of benzene rings is 3. The molecule has 3 aromatic rings. The summed E-state index contributed by atoms with van der Waals surface area (Å²) in [5.41, 5.74) is 2.05. The second-order valence-electron chi connectivity index (χ2n) is 7.60. The molecule has 1 N–H and O–H groups in total. The number of thioether (sulfide) groups is 2. The first-order valence-electron chi connectivity index (χ1n) is 10.5. The number of aromatic hydroxyl groups is 1. The van der Waals surface area contributed by atoms with E-state index in [1.54, 1.807) is 44.6 Å². The van der Waals surface area contributed by atoms with Crippen molar-refractivity contribution in [2.75, 3.05) is 31.1 Å². The Morgan fingerprint density at radius 2 is 1.74 bits per heavy atom. The van der Waals surface area contributed by atoms with Crippen LogP contribution in [-0.4, -0.2) is 37.4 Å². The van der Waals surface area contributed by atoms with Crippen LogP contribution in [0, 0.1) is 0 Å². The van der Waals surface area contributed by atoms with Crippen molar-refractivity contribution in [2.45, 2.75) is 4.90 Å². The number of carbonyl (C=O) groups excluding carboxylic acids is 1. The standard InChI is InChI=1S/C25H20ClN3O4S2/c1-28-19-13-17(32-2)9-11-21(19)34-24(28)22-23(31)29(15-5-7-16(30)8-6-15)25(35-22)27-18-12-14(26)4-10-20(18)33-3/h4-13,30H,1-3H3. The molecule has 0 saturated carbocycles. The third kappa shape index (κ3) is 4.31. The highest BCUT2D eigenvalue weighted by Crippen LogP contribution is 2.51. The van der Waals surface area contributed by atoms with Gasteiger partial charge in [-0.25, -0.2) is 4.99 Å². The molecule has 35 heavy (non-hydrogen) atoms. The zero-order valence-corrected chi connectivity index (χ0v) is 21.4. The van der Waals surface area contributed by atoms with Crippen LogP contribution in [0.1, 0.15) is 0 Å². The number of carbonyl (C=O) groups is 1. The summed E-state index contributed by atoms with van der Waals surface area (Å²) in [6.07, 6.45) is 0. The Labute approximate surface area is 216 Å². The fraction of sp³-hybridized carbons (Fsp3) is 0.120. The lowest BCUT2D eigenvalue weighted by atomic mass is 10.2. The van der Waals surface area contributed by atoms with E-state index in [0.717, 1.165) is 21.4 Å². The Hall–Kier alpha value is -3.27. The summed E-state index contributed by atoms with van der Waals surface area (Å²) in [5, 5.41) is 11.5. The molecule has 0 aromatic heterocycles. The van der Waals surface area contributed by atoms with E-state index in [2.05, 4.69) is 0 Å². The molecule has 5 rings (SSSR count). The lowest BCUT2D eigenvalue weighted by molar-refractivity contribution is -0.113. The Morgan fingerprint density at radius 3 is 2.46 bits per heavy atom. The number of amidine groups is 1. The van der Waals surface area contributed by atoms with Gasteiger partial charge in [-0.1, -0.05) is 23.4 Å². The van der Waals surface area contributed by atoms with E-state index in [0.29, 0.717) is 32.2 Å². The Morgan fingerprint density at radius 1 is 0.971 bits per heavy atom. The van der Waals surface area contributed by atoms with E-state index in [-0.39, 0.29) is 11.7 Å². The van der Waals surface area contributed by atoms with Crippen molar-refractivity contribution in [2.24, 2.45) is 4.99 Å². The molecule has 2 aliphatic heterocycles. The van der Waals surface area contributed by atoms with Crippen molar-refractivity contribution >= 4 is 63.3 Å². The van der Waals surface area contributed by atoms with Crippen molar-refractivity contribution in [1.82, 2.24) is 0 Å². The second kappa shape index (κ2) is 9.41. The van der Waals surface area contributed by atoms with Crippen LogP contribution in [0.25, 0.3) is 0 Å². The number of aliphatic imine (C=N–C) groups is 1. The fourth-order valence-electron chi connectivity index (χ4n) is 3.71.